The second kappa shape index (κ2) is 8.59. The smallest absolute Gasteiger partial charge is 0.338 e. The maximum atomic E-state index is 12.2. The molecule has 138 valence electrons. The molecule has 2 aromatic carbocycles. The molecule has 8 heteroatoms. The lowest BCUT2D eigenvalue weighted by atomic mass is 10.2. The number of nitrogens with one attached hydrogen (secondary N) is 2. The molecule has 0 spiro atoms. The molecule has 1 atom stereocenters. The summed E-state index contributed by atoms with van der Waals surface area (Å²) in [6.07, 6.45) is 0. The molecule has 2 rings (SSSR count). The number of rotatable bonds is 7. The van der Waals surface area contributed by atoms with Crippen LogP contribution in [0.2, 0.25) is 0 Å². The Balaban J connectivity index is 2.00. The number of hydrogen-bond acceptors (Lipinski definition) is 5. The molecule has 0 heterocycles. The Morgan fingerprint density at radius 2 is 1.65 bits per heavy atom. The summed E-state index contributed by atoms with van der Waals surface area (Å²) in [5.41, 5.74) is 0.802. The van der Waals surface area contributed by atoms with Crippen LogP contribution in [0.5, 0.6) is 0 Å². The Morgan fingerprint density at radius 1 is 1.04 bits per heavy atom. The lowest BCUT2D eigenvalue weighted by Gasteiger charge is -2.14. The van der Waals surface area contributed by atoms with E-state index in [1.165, 1.54) is 31.2 Å². The van der Waals surface area contributed by atoms with Gasteiger partial charge in [0.15, 0.2) is 0 Å². The van der Waals surface area contributed by atoms with Crippen LogP contribution in [-0.2, 0) is 19.6 Å². The normalized spacial score (nSPS) is 12.2. The zero-order valence-electron chi connectivity index (χ0n) is 14.4. The summed E-state index contributed by atoms with van der Waals surface area (Å²) in [7, 11) is -3.79. The van der Waals surface area contributed by atoms with E-state index in [1.807, 2.05) is 0 Å². The van der Waals surface area contributed by atoms with Gasteiger partial charge in [0.2, 0.25) is 15.9 Å². The number of anilines is 1. The van der Waals surface area contributed by atoms with Crippen molar-refractivity contribution in [3.63, 3.8) is 0 Å². The molecule has 0 fully saturated rings. The quantitative estimate of drug-likeness (QED) is 0.721. The lowest BCUT2D eigenvalue weighted by molar-refractivity contribution is -0.117. The fraction of sp³-hybridized carbons (Fsp3) is 0.222. The van der Waals surface area contributed by atoms with E-state index < -0.39 is 27.9 Å². The van der Waals surface area contributed by atoms with Gasteiger partial charge in [-0.3, -0.25) is 4.79 Å². The highest BCUT2D eigenvalue weighted by atomic mass is 32.2. The molecule has 0 unspecified atom stereocenters. The number of carbonyl (C=O) groups is 2. The number of esters is 1. The summed E-state index contributed by atoms with van der Waals surface area (Å²) in [5.74, 6) is -0.970. The zero-order valence-corrected chi connectivity index (χ0v) is 15.2. The van der Waals surface area contributed by atoms with E-state index in [0.717, 1.165) is 0 Å². The molecule has 0 bridgehead atoms. The van der Waals surface area contributed by atoms with Crippen LogP contribution in [0.15, 0.2) is 59.5 Å². The molecule has 0 aromatic heterocycles. The Bertz CT molecular complexity index is 864. The number of ether oxygens (including phenoxy) is 1. The highest BCUT2D eigenvalue weighted by Crippen LogP contribution is 2.12. The Hall–Kier alpha value is -2.71. The van der Waals surface area contributed by atoms with Crippen molar-refractivity contribution in [2.45, 2.75) is 24.8 Å². The van der Waals surface area contributed by atoms with Crippen molar-refractivity contribution >= 4 is 27.6 Å². The minimum Gasteiger partial charge on any atom is -0.462 e. The number of benzene rings is 2. The van der Waals surface area contributed by atoms with Gasteiger partial charge in [0, 0.05) is 5.69 Å². The largest absolute Gasteiger partial charge is 0.462 e. The van der Waals surface area contributed by atoms with Gasteiger partial charge in [0.05, 0.1) is 23.1 Å². The van der Waals surface area contributed by atoms with Crippen molar-refractivity contribution < 1.29 is 22.7 Å². The highest BCUT2D eigenvalue weighted by molar-refractivity contribution is 7.89. The van der Waals surface area contributed by atoms with Gasteiger partial charge in [-0.1, -0.05) is 18.2 Å². The van der Waals surface area contributed by atoms with E-state index in [1.54, 1.807) is 37.3 Å². The second-order valence-corrected chi connectivity index (χ2v) is 7.16. The van der Waals surface area contributed by atoms with Crippen molar-refractivity contribution in [1.82, 2.24) is 4.72 Å². The van der Waals surface area contributed by atoms with Crippen LogP contribution >= 0.6 is 0 Å². The summed E-state index contributed by atoms with van der Waals surface area (Å²) < 4.78 is 31.7. The van der Waals surface area contributed by atoms with Gasteiger partial charge in [-0.05, 0) is 50.2 Å². The third kappa shape index (κ3) is 5.14. The van der Waals surface area contributed by atoms with Crippen LogP contribution < -0.4 is 10.0 Å². The maximum absolute atomic E-state index is 12.2. The lowest BCUT2D eigenvalue weighted by Crippen LogP contribution is -2.41. The molecular formula is C18H20N2O5S. The molecule has 0 aliphatic heterocycles. The van der Waals surface area contributed by atoms with E-state index in [4.69, 9.17) is 4.74 Å². The van der Waals surface area contributed by atoms with Gasteiger partial charge in [-0.2, -0.15) is 4.72 Å². The van der Waals surface area contributed by atoms with Crippen LogP contribution in [0, 0.1) is 0 Å². The Labute approximate surface area is 152 Å². The van der Waals surface area contributed by atoms with Crippen LogP contribution in [-0.4, -0.2) is 32.9 Å². The molecule has 7 nitrogen and oxygen atoms in total. The summed E-state index contributed by atoms with van der Waals surface area (Å²) in [4.78, 5) is 23.9. The van der Waals surface area contributed by atoms with Gasteiger partial charge in [-0.25, -0.2) is 13.2 Å². The van der Waals surface area contributed by atoms with Crippen molar-refractivity contribution in [3.8, 4) is 0 Å². The number of amides is 1. The summed E-state index contributed by atoms with van der Waals surface area (Å²) in [5, 5.41) is 2.60. The number of carbonyl (C=O) groups excluding carboxylic acids is 2. The zero-order chi connectivity index (χ0) is 19.2. The SMILES string of the molecule is CCOC(=O)c1ccc(NC(=O)[C@@H](C)NS(=O)(=O)c2ccccc2)cc1. The van der Waals surface area contributed by atoms with Gasteiger partial charge < -0.3 is 10.1 Å². The van der Waals surface area contributed by atoms with Crippen molar-refractivity contribution in [2.75, 3.05) is 11.9 Å². The molecular weight excluding hydrogens is 356 g/mol. The summed E-state index contributed by atoms with van der Waals surface area (Å²) in [6, 6.07) is 12.9. The third-order valence-electron chi connectivity index (χ3n) is 3.44. The minimum absolute atomic E-state index is 0.0819. The van der Waals surface area contributed by atoms with Crippen LogP contribution in [0.1, 0.15) is 24.2 Å². The van der Waals surface area contributed by atoms with Crippen LogP contribution in [0.25, 0.3) is 0 Å². The molecule has 0 saturated heterocycles. The van der Waals surface area contributed by atoms with Crippen molar-refractivity contribution in [3.05, 3.63) is 60.2 Å². The highest BCUT2D eigenvalue weighted by Gasteiger charge is 2.22. The third-order valence-corrected chi connectivity index (χ3v) is 5.00. The number of hydrogen-bond donors (Lipinski definition) is 2. The molecule has 1 amide bonds. The number of sulfonamides is 1. The topological polar surface area (TPSA) is 102 Å². The average Bonchev–Trinajstić information content (AvgIpc) is 2.63. The fourth-order valence-electron chi connectivity index (χ4n) is 2.11. The van der Waals surface area contributed by atoms with Gasteiger partial charge in [-0.15, -0.1) is 0 Å². The van der Waals surface area contributed by atoms with E-state index in [-0.39, 0.29) is 11.5 Å². The van der Waals surface area contributed by atoms with Crippen LogP contribution in [0.3, 0.4) is 0 Å². The fourth-order valence-corrected chi connectivity index (χ4v) is 3.33. The first-order valence-electron chi connectivity index (χ1n) is 7.99. The van der Waals surface area contributed by atoms with Crippen molar-refractivity contribution in [2.24, 2.45) is 0 Å². The van der Waals surface area contributed by atoms with E-state index in [9.17, 15) is 18.0 Å². The summed E-state index contributed by atoms with van der Waals surface area (Å²) in [6.45, 7) is 3.43. The first-order valence-corrected chi connectivity index (χ1v) is 9.47. The average molecular weight is 376 g/mol. The van der Waals surface area contributed by atoms with E-state index in [2.05, 4.69) is 10.0 Å². The predicted octanol–water partition coefficient (Wildman–Crippen LogP) is 2.17. The van der Waals surface area contributed by atoms with Gasteiger partial charge >= 0.3 is 5.97 Å². The molecule has 0 aliphatic carbocycles. The van der Waals surface area contributed by atoms with Gasteiger partial charge in [0.25, 0.3) is 0 Å². The van der Waals surface area contributed by atoms with Gasteiger partial charge in [0.1, 0.15) is 0 Å². The van der Waals surface area contributed by atoms with E-state index in [0.29, 0.717) is 11.3 Å². The standard InChI is InChI=1S/C18H20N2O5S/c1-3-25-18(22)14-9-11-15(12-10-14)19-17(21)13(2)20-26(23,24)16-7-5-4-6-8-16/h4-13,20H,3H2,1-2H3,(H,19,21)/t13-/m1/s1. The minimum atomic E-state index is -3.79. The van der Waals surface area contributed by atoms with Crippen molar-refractivity contribution in [1.29, 1.82) is 0 Å². The molecule has 0 radical (unpaired) electrons. The second-order valence-electron chi connectivity index (χ2n) is 5.44. The summed E-state index contributed by atoms with van der Waals surface area (Å²) >= 11 is 0. The molecule has 0 saturated carbocycles. The molecule has 2 aromatic rings. The van der Waals surface area contributed by atoms with E-state index >= 15 is 0 Å². The monoisotopic (exact) mass is 376 g/mol. The molecule has 2 N–H and O–H groups in total. The Morgan fingerprint density at radius 3 is 2.23 bits per heavy atom. The maximum Gasteiger partial charge on any atom is 0.338 e. The Kier molecular flexibility index (Phi) is 6.48. The first kappa shape index (κ1) is 19.6. The van der Waals surface area contributed by atoms with Crippen LogP contribution in [0.4, 0.5) is 5.69 Å². The predicted molar refractivity (Wildman–Crippen MR) is 97.3 cm³/mol. The first-order chi connectivity index (χ1) is 12.3. The molecule has 26 heavy (non-hydrogen) atoms. The molecule has 0 aliphatic rings.